The van der Waals surface area contributed by atoms with Gasteiger partial charge in [-0.05, 0) is 84.0 Å². The van der Waals surface area contributed by atoms with Crippen LogP contribution in [0.3, 0.4) is 0 Å². The first-order valence-electron chi connectivity index (χ1n) is 18.9. The molecule has 3 aliphatic heterocycles. The van der Waals surface area contributed by atoms with E-state index in [2.05, 4.69) is 193 Å². The van der Waals surface area contributed by atoms with E-state index in [4.69, 9.17) is 0 Å². The third kappa shape index (κ3) is 4.29. The number of hydrogen-bond donors (Lipinski definition) is 0. The van der Waals surface area contributed by atoms with Gasteiger partial charge in [0, 0.05) is 16.2 Å². The van der Waals surface area contributed by atoms with Gasteiger partial charge in [0.05, 0.1) is 0 Å². The molecule has 0 amide bonds. The number of rotatable bonds is 4. The molecule has 0 spiro atoms. The molecule has 0 fully saturated rings. The van der Waals surface area contributed by atoms with Gasteiger partial charge in [-0.3, -0.25) is 0 Å². The summed E-state index contributed by atoms with van der Waals surface area (Å²) in [4.78, 5) is 0. The van der Waals surface area contributed by atoms with E-state index in [0.717, 1.165) is 0 Å². The molecule has 0 aromatic heterocycles. The second-order valence-corrected chi connectivity index (χ2v) is 16.9. The van der Waals surface area contributed by atoms with Crippen molar-refractivity contribution in [2.75, 3.05) is 0 Å². The summed E-state index contributed by atoms with van der Waals surface area (Å²) in [6.45, 7) is 15.0. The van der Waals surface area contributed by atoms with Crippen LogP contribution in [0.2, 0.25) is 0 Å². The predicted octanol–water partition coefficient (Wildman–Crippen LogP) is 10.8. The lowest BCUT2D eigenvalue weighted by atomic mass is 9.23. The van der Waals surface area contributed by atoms with Crippen molar-refractivity contribution in [3.8, 4) is 44.5 Å². The van der Waals surface area contributed by atoms with E-state index >= 15 is 0 Å². The molecule has 1 heteroatoms. The van der Waals surface area contributed by atoms with Crippen molar-refractivity contribution in [1.82, 2.24) is 0 Å². The highest BCUT2D eigenvalue weighted by Crippen LogP contribution is 2.47. The zero-order chi connectivity index (χ0) is 35.6. The van der Waals surface area contributed by atoms with Crippen molar-refractivity contribution in [2.45, 2.75) is 57.8 Å². The molecule has 3 heterocycles. The predicted molar refractivity (Wildman–Crippen MR) is 222 cm³/mol. The first kappa shape index (κ1) is 31.3. The minimum absolute atomic E-state index is 0.0379. The molecular weight excluding hydrogens is 623 g/mol. The lowest BCUT2D eigenvalue weighted by Gasteiger charge is -2.52. The normalized spacial score (nSPS) is 16.3. The highest BCUT2D eigenvalue weighted by molar-refractivity contribution is 6.98. The van der Waals surface area contributed by atoms with Crippen LogP contribution in [0.5, 0.6) is 0 Å². The Kier molecular flexibility index (Phi) is 6.52. The largest absolute Gasteiger partial charge is 0.243 e. The summed E-state index contributed by atoms with van der Waals surface area (Å²) in [7, 11) is 0. The summed E-state index contributed by atoms with van der Waals surface area (Å²) in [5.41, 5.74) is 23.4. The van der Waals surface area contributed by atoms with Gasteiger partial charge in [-0.15, -0.1) is 0 Å². The van der Waals surface area contributed by atoms with Crippen molar-refractivity contribution < 1.29 is 0 Å². The van der Waals surface area contributed by atoms with Crippen LogP contribution in [0.15, 0.2) is 152 Å². The van der Waals surface area contributed by atoms with Crippen molar-refractivity contribution in [3.63, 3.8) is 0 Å². The standard InChI is InChI=1S/C51H43B/c1-49(2)40-17-11-19-42-46(40)52-47-41(49)18-12-20-43(47)51(5,6)45-31-39(30-44(48(45)52)50(42,3)4)36-27-23-34(24-28-36)33-21-25-35(26-22-33)38-16-10-15-37(29-38)32-13-8-7-9-14-32/h7-31H,1-6H3. The maximum Gasteiger partial charge on any atom is 0.243 e. The summed E-state index contributed by atoms with van der Waals surface area (Å²) < 4.78 is 0. The fraction of sp³-hybridized carbons (Fsp3) is 0.176. The van der Waals surface area contributed by atoms with Gasteiger partial charge < -0.3 is 0 Å². The van der Waals surface area contributed by atoms with Crippen molar-refractivity contribution in [1.29, 1.82) is 0 Å². The summed E-state index contributed by atoms with van der Waals surface area (Å²) in [6.07, 6.45) is 0. The summed E-state index contributed by atoms with van der Waals surface area (Å²) in [6, 6.07) is 57.1. The monoisotopic (exact) mass is 666 g/mol. The first-order valence-corrected chi connectivity index (χ1v) is 18.9. The molecule has 52 heavy (non-hydrogen) atoms. The Bertz CT molecular complexity index is 2470. The highest BCUT2D eigenvalue weighted by Gasteiger charge is 2.53. The van der Waals surface area contributed by atoms with Crippen molar-refractivity contribution >= 4 is 23.1 Å². The molecule has 0 unspecified atom stereocenters. The second-order valence-electron chi connectivity index (χ2n) is 16.9. The van der Waals surface area contributed by atoms with E-state index in [1.54, 1.807) is 16.4 Å². The number of hydrogen-bond acceptors (Lipinski definition) is 0. The molecular formula is C51H43B. The quantitative estimate of drug-likeness (QED) is 0.164. The highest BCUT2D eigenvalue weighted by atomic mass is 14.5. The van der Waals surface area contributed by atoms with E-state index in [9.17, 15) is 0 Å². The maximum atomic E-state index is 2.53. The Labute approximate surface area is 309 Å². The van der Waals surface area contributed by atoms with Crippen LogP contribution in [0.1, 0.15) is 74.9 Å². The number of benzene rings is 7. The average Bonchev–Trinajstić information content (AvgIpc) is 3.17. The van der Waals surface area contributed by atoms with Gasteiger partial charge >= 0.3 is 0 Å². The zero-order valence-electron chi connectivity index (χ0n) is 31.0. The van der Waals surface area contributed by atoms with Gasteiger partial charge in [0.2, 0.25) is 6.71 Å². The molecule has 0 nitrogen and oxygen atoms in total. The van der Waals surface area contributed by atoms with E-state index in [-0.39, 0.29) is 23.0 Å². The molecule has 0 N–H and O–H groups in total. The molecule has 0 atom stereocenters. The smallest absolute Gasteiger partial charge is 0.0622 e. The molecule has 0 bridgehead atoms. The van der Waals surface area contributed by atoms with Gasteiger partial charge in [-0.1, -0.05) is 204 Å². The van der Waals surface area contributed by atoms with Crippen LogP contribution in [-0.2, 0) is 16.2 Å². The van der Waals surface area contributed by atoms with Crippen LogP contribution in [-0.4, -0.2) is 6.71 Å². The minimum Gasteiger partial charge on any atom is -0.0622 e. The average molecular weight is 667 g/mol. The molecule has 7 aromatic carbocycles. The van der Waals surface area contributed by atoms with Gasteiger partial charge in [0.25, 0.3) is 0 Å². The van der Waals surface area contributed by atoms with Crippen LogP contribution in [0.25, 0.3) is 44.5 Å². The lowest BCUT2D eigenvalue weighted by Crippen LogP contribution is -2.71. The molecule has 0 aliphatic carbocycles. The van der Waals surface area contributed by atoms with E-state index < -0.39 is 0 Å². The van der Waals surface area contributed by atoms with Crippen LogP contribution in [0, 0.1) is 0 Å². The Morgan fingerprint density at radius 2 is 0.577 bits per heavy atom. The Hall–Kier alpha value is -5.40. The van der Waals surface area contributed by atoms with Crippen molar-refractivity contribution in [3.05, 3.63) is 185 Å². The summed E-state index contributed by atoms with van der Waals surface area (Å²) in [5.74, 6) is 0. The second kappa shape index (κ2) is 10.8. The topological polar surface area (TPSA) is 0 Å². The van der Waals surface area contributed by atoms with Gasteiger partial charge in [0.1, 0.15) is 0 Å². The third-order valence-corrected chi connectivity index (χ3v) is 13.0. The molecule has 250 valence electrons. The summed E-state index contributed by atoms with van der Waals surface area (Å²) >= 11 is 0. The molecule has 7 aromatic rings. The fourth-order valence-corrected chi connectivity index (χ4v) is 10.2. The summed E-state index contributed by atoms with van der Waals surface area (Å²) in [5, 5.41) is 0. The van der Waals surface area contributed by atoms with Gasteiger partial charge in [0.15, 0.2) is 0 Å². The van der Waals surface area contributed by atoms with E-state index in [1.807, 2.05) is 0 Å². The molecule has 0 saturated carbocycles. The van der Waals surface area contributed by atoms with Crippen LogP contribution >= 0.6 is 0 Å². The maximum absolute atomic E-state index is 2.53. The molecule has 3 aliphatic rings. The van der Waals surface area contributed by atoms with E-state index in [1.165, 1.54) is 77.9 Å². The SMILES string of the molecule is CC1(C)c2cccc3c2B2c4c1cccc4C(C)(C)c1cc(-c4ccc(-c5ccc(-c6cccc(-c7ccccc7)c6)cc5)cc4)cc(c12)C3(C)C. The minimum atomic E-state index is -0.111. The Balaban J connectivity index is 1.04. The molecule has 10 rings (SSSR count). The van der Waals surface area contributed by atoms with Gasteiger partial charge in [-0.25, -0.2) is 0 Å². The lowest BCUT2D eigenvalue weighted by molar-refractivity contribution is 0.599. The van der Waals surface area contributed by atoms with Crippen LogP contribution < -0.4 is 16.4 Å². The van der Waals surface area contributed by atoms with Gasteiger partial charge in [-0.2, -0.15) is 0 Å². The zero-order valence-corrected chi connectivity index (χ0v) is 31.0. The third-order valence-electron chi connectivity index (χ3n) is 13.0. The van der Waals surface area contributed by atoms with E-state index in [0.29, 0.717) is 0 Å². The first-order chi connectivity index (χ1) is 25.0. The molecule has 0 radical (unpaired) electrons. The Morgan fingerprint density at radius 3 is 1.02 bits per heavy atom. The fourth-order valence-electron chi connectivity index (χ4n) is 10.2. The van der Waals surface area contributed by atoms with Crippen molar-refractivity contribution in [2.24, 2.45) is 0 Å². The molecule has 0 saturated heterocycles. The van der Waals surface area contributed by atoms with Crippen LogP contribution in [0.4, 0.5) is 0 Å². The Morgan fingerprint density at radius 1 is 0.269 bits per heavy atom.